The number of phenolic OH excluding ortho intramolecular Hbond substituents is 2. The fourth-order valence-corrected chi connectivity index (χ4v) is 2.14. The SMILES string of the molecule is COc1ccc(CC/C(=C\c2ccc(O)c(O)c2)C(=O)O)cc1. The highest BCUT2D eigenvalue weighted by Crippen LogP contribution is 2.26. The van der Waals surface area contributed by atoms with Gasteiger partial charge >= 0.3 is 5.97 Å². The Bertz CT molecular complexity index is 717. The summed E-state index contributed by atoms with van der Waals surface area (Å²) >= 11 is 0. The molecule has 0 unspecified atom stereocenters. The zero-order valence-corrected chi connectivity index (χ0v) is 12.7. The van der Waals surface area contributed by atoms with Gasteiger partial charge in [-0.15, -0.1) is 0 Å². The summed E-state index contributed by atoms with van der Waals surface area (Å²) in [6, 6.07) is 11.6. The van der Waals surface area contributed by atoms with E-state index >= 15 is 0 Å². The van der Waals surface area contributed by atoms with Gasteiger partial charge in [0.2, 0.25) is 0 Å². The van der Waals surface area contributed by atoms with E-state index in [1.807, 2.05) is 24.3 Å². The highest BCUT2D eigenvalue weighted by atomic mass is 16.5. The molecular formula is C18H18O5. The Kier molecular flexibility index (Phi) is 5.25. The minimum atomic E-state index is -1.01. The van der Waals surface area contributed by atoms with Crippen LogP contribution in [0.3, 0.4) is 0 Å². The van der Waals surface area contributed by atoms with E-state index in [1.54, 1.807) is 13.2 Å². The molecule has 0 aromatic heterocycles. The van der Waals surface area contributed by atoms with Crippen LogP contribution < -0.4 is 4.74 Å². The molecule has 0 fully saturated rings. The summed E-state index contributed by atoms with van der Waals surface area (Å²) in [5.74, 6) is -0.774. The van der Waals surface area contributed by atoms with Crippen molar-refractivity contribution in [1.82, 2.24) is 0 Å². The van der Waals surface area contributed by atoms with Crippen molar-refractivity contribution in [3.05, 3.63) is 59.2 Å². The van der Waals surface area contributed by atoms with Gasteiger partial charge in [0.15, 0.2) is 11.5 Å². The molecule has 0 aliphatic rings. The van der Waals surface area contributed by atoms with Crippen molar-refractivity contribution in [3.8, 4) is 17.2 Å². The first kappa shape index (κ1) is 16.4. The summed E-state index contributed by atoms with van der Waals surface area (Å²) in [6.45, 7) is 0. The average Bonchev–Trinajstić information content (AvgIpc) is 2.55. The van der Waals surface area contributed by atoms with Crippen molar-refractivity contribution in [2.75, 3.05) is 7.11 Å². The first-order chi connectivity index (χ1) is 11.0. The van der Waals surface area contributed by atoms with Crippen LogP contribution in [0.5, 0.6) is 17.2 Å². The van der Waals surface area contributed by atoms with Gasteiger partial charge in [0, 0.05) is 5.57 Å². The Morgan fingerprint density at radius 2 is 1.78 bits per heavy atom. The molecular weight excluding hydrogens is 296 g/mol. The number of carboxylic acids is 1. The number of carbonyl (C=O) groups is 1. The quantitative estimate of drug-likeness (QED) is 0.563. The second kappa shape index (κ2) is 7.35. The van der Waals surface area contributed by atoms with E-state index in [0.717, 1.165) is 11.3 Å². The Labute approximate surface area is 134 Å². The fraction of sp³-hybridized carbons (Fsp3) is 0.167. The highest BCUT2D eigenvalue weighted by molar-refractivity contribution is 5.92. The summed E-state index contributed by atoms with van der Waals surface area (Å²) in [5, 5.41) is 28.1. The predicted molar refractivity (Wildman–Crippen MR) is 86.7 cm³/mol. The molecule has 5 nitrogen and oxygen atoms in total. The second-order valence-electron chi connectivity index (χ2n) is 5.07. The van der Waals surface area contributed by atoms with Crippen molar-refractivity contribution in [2.45, 2.75) is 12.8 Å². The zero-order valence-electron chi connectivity index (χ0n) is 12.7. The number of hydrogen-bond acceptors (Lipinski definition) is 4. The fourth-order valence-electron chi connectivity index (χ4n) is 2.14. The van der Waals surface area contributed by atoms with Gasteiger partial charge in [-0.1, -0.05) is 18.2 Å². The Morgan fingerprint density at radius 1 is 1.09 bits per heavy atom. The van der Waals surface area contributed by atoms with Gasteiger partial charge < -0.3 is 20.1 Å². The number of aryl methyl sites for hydroxylation is 1. The van der Waals surface area contributed by atoms with Gasteiger partial charge in [-0.05, 0) is 54.3 Å². The summed E-state index contributed by atoms with van der Waals surface area (Å²) in [5.41, 5.74) is 1.75. The maximum absolute atomic E-state index is 11.4. The first-order valence-electron chi connectivity index (χ1n) is 7.08. The third-order valence-corrected chi connectivity index (χ3v) is 3.46. The predicted octanol–water partition coefficient (Wildman–Crippen LogP) is 3.21. The summed E-state index contributed by atoms with van der Waals surface area (Å²) in [7, 11) is 1.59. The van der Waals surface area contributed by atoms with Crippen molar-refractivity contribution in [3.63, 3.8) is 0 Å². The molecule has 2 aromatic carbocycles. The number of aliphatic carboxylic acids is 1. The van der Waals surface area contributed by atoms with Gasteiger partial charge in [0.25, 0.3) is 0 Å². The van der Waals surface area contributed by atoms with Crippen molar-refractivity contribution in [1.29, 1.82) is 0 Å². The lowest BCUT2D eigenvalue weighted by molar-refractivity contribution is -0.132. The molecule has 2 rings (SSSR count). The zero-order chi connectivity index (χ0) is 16.8. The molecule has 0 saturated heterocycles. The largest absolute Gasteiger partial charge is 0.504 e. The number of carboxylic acid groups (broad SMARTS) is 1. The lowest BCUT2D eigenvalue weighted by atomic mass is 10.0. The Hall–Kier alpha value is -2.95. The third kappa shape index (κ3) is 4.51. The van der Waals surface area contributed by atoms with Crippen LogP contribution in [0.4, 0.5) is 0 Å². The van der Waals surface area contributed by atoms with E-state index in [-0.39, 0.29) is 17.1 Å². The molecule has 3 N–H and O–H groups in total. The van der Waals surface area contributed by atoms with Crippen LogP contribution in [0.15, 0.2) is 48.0 Å². The minimum absolute atomic E-state index is 0.228. The molecule has 0 amide bonds. The van der Waals surface area contributed by atoms with Crippen LogP contribution in [0, 0.1) is 0 Å². The van der Waals surface area contributed by atoms with Crippen LogP contribution in [-0.2, 0) is 11.2 Å². The van der Waals surface area contributed by atoms with E-state index < -0.39 is 5.97 Å². The summed E-state index contributed by atoms with van der Waals surface area (Å²) in [4.78, 5) is 11.4. The summed E-state index contributed by atoms with van der Waals surface area (Å²) in [6.07, 6.45) is 2.42. The van der Waals surface area contributed by atoms with Crippen LogP contribution in [0.25, 0.3) is 6.08 Å². The molecule has 0 atom stereocenters. The van der Waals surface area contributed by atoms with Gasteiger partial charge in [-0.25, -0.2) is 4.79 Å². The topological polar surface area (TPSA) is 87.0 Å². The summed E-state index contributed by atoms with van der Waals surface area (Å²) < 4.78 is 5.08. The Balaban J connectivity index is 2.12. The van der Waals surface area contributed by atoms with E-state index in [9.17, 15) is 20.1 Å². The van der Waals surface area contributed by atoms with Crippen LogP contribution in [0.2, 0.25) is 0 Å². The maximum atomic E-state index is 11.4. The first-order valence-corrected chi connectivity index (χ1v) is 7.08. The molecule has 5 heteroatoms. The number of aromatic hydroxyl groups is 2. The molecule has 0 saturated carbocycles. The lowest BCUT2D eigenvalue weighted by Gasteiger charge is -2.06. The van der Waals surface area contributed by atoms with Gasteiger partial charge in [0.1, 0.15) is 5.75 Å². The highest BCUT2D eigenvalue weighted by Gasteiger charge is 2.09. The number of benzene rings is 2. The lowest BCUT2D eigenvalue weighted by Crippen LogP contribution is -2.02. The van der Waals surface area contributed by atoms with Crippen LogP contribution in [0.1, 0.15) is 17.5 Å². The third-order valence-electron chi connectivity index (χ3n) is 3.46. The molecule has 0 radical (unpaired) electrons. The monoisotopic (exact) mass is 314 g/mol. The normalized spacial score (nSPS) is 11.3. The van der Waals surface area contributed by atoms with E-state index in [1.165, 1.54) is 18.2 Å². The second-order valence-corrected chi connectivity index (χ2v) is 5.07. The van der Waals surface area contributed by atoms with Crippen LogP contribution in [-0.4, -0.2) is 28.4 Å². The van der Waals surface area contributed by atoms with Gasteiger partial charge in [0.05, 0.1) is 7.11 Å². The molecule has 0 heterocycles. The molecule has 0 spiro atoms. The number of phenols is 2. The van der Waals surface area contributed by atoms with Crippen LogP contribution >= 0.6 is 0 Å². The molecule has 0 aliphatic heterocycles. The van der Waals surface area contributed by atoms with Crippen molar-refractivity contribution in [2.24, 2.45) is 0 Å². The smallest absolute Gasteiger partial charge is 0.331 e. The maximum Gasteiger partial charge on any atom is 0.331 e. The standard InChI is InChI=1S/C18H18O5/c1-23-15-7-3-12(4-8-15)2-6-14(18(21)22)10-13-5-9-16(19)17(20)11-13/h3-5,7-11,19-20H,2,6H2,1H3,(H,21,22)/b14-10+. The number of ether oxygens (including phenoxy) is 1. The van der Waals surface area contributed by atoms with Gasteiger partial charge in [-0.2, -0.15) is 0 Å². The molecule has 0 bridgehead atoms. The van der Waals surface area contributed by atoms with E-state index in [0.29, 0.717) is 18.4 Å². The molecule has 2 aromatic rings. The van der Waals surface area contributed by atoms with E-state index in [2.05, 4.69) is 0 Å². The number of rotatable bonds is 6. The average molecular weight is 314 g/mol. The minimum Gasteiger partial charge on any atom is -0.504 e. The van der Waals surface area contributed by atoms with Crippen molar-refractivity contribution < 1.29 is 24.9 Å². The Morgan fingerprint density at radius 3 is 2.35 bits per heavy atom. The van der Waals surface area contributed by atoms with Crippen molar-refractivity contribution >= 4 is 12.0 Å². The molecule has 120 valence electrons. The van der Waals surface area contributed by atoms with E-state index in [4.69, 9.17) is 4.74 Å². The molecule has 23 heavy (non-hydrogen) atoms. The number of hydrogen-bond donors (Lipinski definition) is 3. The molecule has 0 aliphatic carbocycles. The van der Waals surface area contributed by atoms with Gasteiger partial charge in [-0.3, -0.25) is 0 Å². The number of methoxy groups -OCH3 is 1.